The van der Waals surface area contributed by atoms with Crippen LogP contribution in [0.2, 0.25) is 0 Å². The number of carbonyl (C=O) groups excluding carboxylic acids is 1. The van der Waals surface area contributed by atoms with Gasteiger partial charge in [0.1, 0.15) is 5.54 Å². The second-order valence-electron chi connectivity index (χ2n) is 6.00. The van der Waals surface area contributed by atoms with Crippen molar-refractivity contribution in [3.05, 3.63) is 35.9 Å². The second-order valence-corrected chi connectivity index (χ2v) is 6.00. The van der Waals surface area contributed by atoms with E-state index in [2.05, 4.69) is 18.7 Å². The van der Waals surface area contributed by atoms with E-state index in [1.54, 1.807) is 0 Å². The average molecular weight is 275 g/mol. The highest BCUT2D eigenvalue weighted by atomic mass is 16.1. The fraction of sp³-hybridized carbons (Fsp3) is 0.562. The molecule has 1 aromatic rings. The summed E-state index contributed by atoms with van der Waals surface area (Å²) in [5.74, 6) is -0.464. The van der Waals surface area contributed by atoms with Crippen LogP contribution in [0.5, 0.6) is 0 Å². The van der Waals surface area contributed by atoms with Crippen LogP contribution < -0.4 is 11.5 Å². The maximum atomic E-state index is 12.0. The van der Waals surface area contributed by atoms with Crippen LogP contribution in [0, 0.1) is 0 Å². The zero-order valence-corrected chi connectivity index (χ0v) is 12.4. The normalized spacial score (nSPS) is 26.9. The molecule has 1 amide bonds. The lowest BCUT2D eigenvalue weighted by molar-refractivity contribution is -0.125. The first-order valence-electron chi connectivity index (χ1n) is 7.35. The van der Waals surface area contributed by atoms with Crippen LogP contribution in [-0.2, 0) is 10.3 Å². The Balaban J connectivity index is 2.28. The minimum atomic E-state index is -1.12. The van der Waals surface area contributed by atoms with Gasteiger partial charge in [-0.2, -0.15) is 0 Å². The fourth-order valence-electron chi connectivity index (χ4n) is 3.12. The maximum absolute atomic E-state index is 12.0. The highest BCUT2D eigenvalue weighted by Gasteiger charge is 2.39. The molecule has 1 unspecified atom stereocenters. The van der Waals surface area contributed by atoms with Crippen LogP contribution in [-0.4, -0.2) is 29.4 Å². The number of piperidine rings is 1. The summed E-state index contributed by atoms with van der Waals surface area (Å²) in [5.41, 5.74) is 11.7. The van der Waals surface area contributed by atoms with Crippen molar-refractivity contribution < 1.29 is 4.79 Å². The molecule has 4 N–H and O–H groups in total. The van der Waals surface area contributed by atoms with Crippen molar-refractivity contribution in [2.24, 2.45) is 11.5 Å². The zero-order chi connectivity index (χ0) is 14.8. The molecule has 0 radical (unpaired) electrons. The molecule has 110 valence electrons. The van der Waals surface area contributed by atoms with Crippen molar-refractivity contribution in [3.63, 3.8) is 0 Å². The third-order valence-electron chi connectivity index (χ3n) is 4.54. The third-order valence-corrected chi connectivity index (χ3v) is 4.54. The van der Waals surface area contributed by atoms with Gasteiger partial charge in [0, 0.05) is 18.6 Å². The molecule has 1 fully saturated rings. The van der Waals surface area contributed by atoms with Gasteiger partial charge in [0.25, 0.3) is 0 Å². The summed E-state index contributed by atoms with van der Waals surface area (Å²) in [6.07, 6.45) is 3.53. The molecule has 1 aliphatic rings. The van der Waals surface area contributed by atoms with Crippen molar-refractivity contribution in [1.82, 2.24) is 4.90 Å². The van der Waals surface area contributed by atoms with Crippen molar-refractivity contribution in [2.75, 3.05) is 6.54 Å². The van der Waals surface area contributed by atoms with E-state index in [0.29, 0.717) is 18.6 Å². The third kappa shape index (κ3) is 2.86. The highest BCUT2D eigenvalue weighted by molar-refractivity contribution is 5.86. The van der Waals surface area contributed by atoms with Crippen molar-refractivity contribution >= 4 is 5.91 Å². The number of primary amides is 1. The Morgan fingerprint density at radius 2 is 1.80 bits per heavy atom. The van der Waals surface area contributed by atoms with Crippen LogP contribution in [0.15, 0.2) is 30.3 Å². The maximum Gasteiger partial charge on any atom is 0.243 e. The van der Waals surface area contributed by atoms with Crippen LogP contribution in [0.4, 0.5) is 0 Å². The van der Waals surface area contributed by atoms with Gasteiger partial charge in [-0.25, -0.2) is 0 Å². The minimum Gasteiger partial charge on any atom is -0.368 e. The Kier molecular flexibility index (Phi) is 4.45. The summed E-state index contributed by atoms with van der Waals surface area (Å²) in [4.78, 5) is 14.3. The molecule has 1 saturated heterocycles. The summed E-state index contributed by atoms with van der Waals surface area (Å²) in [7, 11) is 0. The van der Waals surface area contributed by atoms with Crippen LogP contribution in [0.25, 0.3) is 0 Å². The lowest BCUT2D eigenvalue weighted by Crippen LogP contribution is -2.60. The summed E-state index contributed by atoms with van der Waals surface area (Å²) in [6.45, 7) is 4.87. The van der Waals surface area contributed by atoms with Crippen LogP contribution in [0.1, 0.15) is 38.7 Å². The SMILES string of the molecule is C[C@@H]1CCC[C@H](C)N1CC(N)(C(N)=O)c1ccccc1. The van der Waals surface area contributed by atoms with Gasteiger partial charge < -0.3 is 11.5 Å². The summed E-state index contributed by atoms with van der Waals surface area (Å²) >= 11 is 0. The van der Waals surface area contributed by atoms with E-state index in [4.69, 9.17) is 11.5 Å². The average Bonchev–Trinajstić information content (AvgIpc) is 2.43. The number of likely N-dealkylation sites (tertiary alicyclic amines) is 1. The Morgan fingerprint density at radius 3 is 2.30 bits per heavy atom. The number of amides is 1. The molecular formula is C16H25N3O. The summed E-state index contributed by atoms with van der Waals surface area (Å²) in [5, 5.41) is 0. The molecule has 0 aliphatic carbocycles. The van der Waals surface area contributed by atoms with E-state index in [1.165, 1.54) is 6.42 Å². The number of hydrogen-bond acceptors (Lipinski definition) is 3. The predicted molar refractivity (Wildman–Crippen MR) is 81.0 cm³/mol. The molecule has 1 heterocycles. The lowest BCUT2D eigenvalue weighted by Gasteiger charge is -2.43. The van der Waals surface area contributed by atoms with Crippen molar-refractivity contribution in [3.8, 4) is 0 Å². The molecule has 1 aliphatic heterocycles. The second kappa shape index (κ2) is 5.94. The molecule has 4 nitrogen and oxygen atoms in total. The van der Waals surface area contributed by atoms with Gasteiger partial charge in [-0.15, -0.1) is 0 Å². The topological polar surface area (TPSA) is 72.3 Å². The van der Waals surface area contributed by atoms with Crippen molar-refractivity contribution in [1.29, 1.82) is 0 Å². The van der Waals surface area contributed by atoms with Crippen LogP contribution in [0.3, 0.4) is 0 Å². The highest BCUT2D eigenvalue weighted by Crippen LogP contribution is 2.27. The van der Waals surface area contributed by atoms with Gasteiger partial charge >= 0.3 is 0 Å². The molecule has 1 aromatic carbocycles. The molecule has 0 saturated carbocycles. The Morgan fingerprint density at radius 1 is 1.25 bits per heavy atom. The zero-order valence-electron chi connectivity index (χ0n) is 12.4. The van der Waals surface area contributed by atoms with Gasteiger partial charge in [0.05, 0.1) is 0 Å². The molecule has 0 aromatic heterocycles. The largest absolute Gasteiger partial charge is 0.368 e. The van der Waals surface area contributed by atoms with Crippen LogP contribution >= 0.6 is 0 Å². The standard InChI is InChI=1S/C16H25N3O/c1-12-7-6-8-13(2)19(12)11-16(18,15(17)20)14-9-4-3-5-10-14/h3-5,9-10,12-13H,6-8,11,18H2,1-2H3,(H2,17,20)/t12-,13+,16?. The van der Waals surface area contributed by atoms with E-state index in [-0.39, 0.29) is 0 Å². The number of rotatable bonds is 4. The monoisotopic (exact) mass is 275 g/mol. The van der Waals surface area contributed by atoms with E-state index in [9.17, 15) is 4.79 Å². The smallest absolute Gasteiger partial charge is 0.243 e. The number of nitrogens with two attached hydrogens (primary N) is 2. The summed E-state index contributed by atoms with van der Waals surface area (Å²) < 4.78 is 0. The molecule has 0 bridgehead atoms. The number of carbonyl (C=O) groups is 1. The number of nitrogens with zero attached hydrogens (tertiary/aromatic N) is 1. The van der Waals surface area contributed by atoms with Gasteiger partial charge in [-0.1, -0.05) is 36.8 Å². The molecule has 4 heteroatoms. The van der Waals surface area contributed by atoms with Gasteiger partial charge in [-0.05, 0) is 32.3 Å². The van der Waals surface area contributed by atoms with E-state index >= 15 is 0 Å². The fourth-order valence-corrected chi connectivity index (χ4v) is 3.12. The Bertz CT molecular complexity index is 452. The van der Waals surface area contributed by atoms with Gasteiger partial charge in [0.2, 0.25) is 5.91 Å². The quantitative estimate of drug-likeness (QED) is 0.876. The van der Waals surface area contributed by atoms with E-state index in [1.807, 2.05) is 30.3 Å². The number of hydrogen-bond donors (Lipinski definition) is 2. The van der Waals surface area contributed by atoms with E-state index in [0.717, 1.165) is 18.4 Å². The first-order valence-corrected chi connectivity index (χ1v) is 7.35. The first-order chi connectivity index (χ1) is 9.45. The van der Waals surface area contributed by atoms with Crippen molar-refractivity contribution in [2.45, 2.75) is 50.7 Å². The predicted octanol–water partition coefficient (Wildman–Crippen LogP) is 1.59. The Hall–Kier alpha value is -1.39. The molecule has 0 spiro atoms. The van der Waals surface area contributed by atoms with Gasteiger partial charge in [0.15, 0.2) is 0 Å². The molecule has 3 atom stereocenters. The van der Waals surface area contributed by atoms with Gasteiger partial charge in [-0.3, -0.25) is 9.69 Å². The molecule has 20 heavy (non-hydrogen) atoms. The lowest BCUT2D eigenvalue weighted by atomic mass is 9.87. The molecular weight excluding hydrogens is 250 g/mol. The first kappa shape index (κ1) is 15.0. The number of benzene rings is 1. The molecule has 2 rings (SSSR count). The Labute approximate surface area is 121 Å². The van der Waals surface area contributed by atoms with E-state index < -0.39 is 11.4 Å². The summed E-state index contributed by atoms with van der Waals surface area (Å²) in [6, 6.07) is 10.3. The minimum absolute atomic E-state index is 0.435.